The number of benzene rings is 1. The van der Waals surface area contributed by atoms with Gasteiger partial charge in [-0.3, -0.25) is 0 Å². The Hall–Kier alpha value is -1.13. The molecule has 78 valence electrons. The van der Waals surface area contributed by atoms with Gasteiger partial charge >= 0.3 is 0 Å². The Labute approximate surface area is 82.0 Å². The molecule has 0 fully saturated rings. The number of nitrogens with two attached hydrogens (primary N) is 1. The Morgan fingerprint density at radius 3 is 2.64 bits per heavy atom. The van der Waals surface area contributed by atoms with Gasteiger partial charge in [-0.25, -0.2) is 4.39 Å². The van der Waals surface area contributed by atoms with E-state index in [2.05, 4.69) is 0 Å². The molecule has 0 amide bonds. The van der Waals surface area contributed by atoms with E-state index in [9.17, 15) is 4.39 Å². The van der Waals surface area contributed by atoms with Crippen LogP contribution in [0.5, 0.6) is 5.75 Å². The average Bonchev–Trinajstić information content (AvgIpc) is 2.09. The van der Waals surface area contributed by atoms with Gasteiger partial charge in [-0.1, -0.05) is 6.07 Å². The third-order valence-corrected chi connectivity index (χ3v) is 2.24. The third-order valence-electron chi connectivity index (χ3n) is 2.24. The molecule has 0 bridgehead atoms. The summed E-state index contributed by atoms with van der Waals surface area (Å²) in [6, 6.07) is 3.95. The lowest BCUT2D eigenvalue weighted by Gasteiger charge is -2.24. The summed E-state index contributed by atoms with van der Waals surface area (Å²) in [7, 11) is 0. The van der Waals surface area contributed by atoms with Crippen LogP contribution in [-0.2, 0) is 5.54 Å². The molecule has 1 unspecified atom stereocenters. The smallest absolute Gasteiger partial charge is 0.164 e. The van der Waals surface area contributed by atoms with Crippen LogP contribution >= 0.6 is 0 Å². The van der Waals surface area contributed by atoms with Crippen LogP contribution in [0.4, 0.5) is 4.39 Å². The highest BCUT2D eigenvalue weighted by molar-refractivity contribution is 5.33. The molecule has 14 heavy (non-hydrogen) atoms. The normalized spacial score (nSPS) is 15.1. The van der Waals surface area contributed by atoms with Crippen molar-refractivity contribution in [1.82, 2.24) is 0 Å². The minimum atomic E-state index is -0.750. The summed E-state index contributed by atoms with van der Waals surface area (Å²) in [4.78, 5) is 0. The Balaban J connectivity index is 3.01. The first-order chi connectivity index (χ1) is 6.47. The zero-order valence-corrected chi connectivity index (χ0v) is 8.00. The first-order valence-electron chi connectivity index (χ1n) is 4.36. The summed E-state index contributed by atoms with van der Waals surface area (Å²) in [5.74, 6) is -1.09. The van der Waals surface area contributed by atoms with Crippen LogP contribution in [0.15, 0.2) is 18.2 Å². The number of phenolic OH excluding ortho intramolecular Hbond substituents is 1. The maximum Gasteiger partial charge on any atom is 0.164 e. The van der Waals surface area contributed by atoms with Gasteiger partial charge in [0.15, 0.2) is 11.6 Å². The fraction of sp³-hybridized carbons (Fsp3) is 0.400. The number of aliphatic hydroxyl groups excluding tert-OH is 1. The second kappa shape index (κ2) is 3.94. The van der Waals surface area contributed by atoms with Crippen LogP contribution in [0, 0.1) is 5.82 Å². The predicted molar refractivity (Wildman–Crippen MR) is 51.3 cm³/mol. The summed E-state index contributed by atoms with van der Waals surface area (Å²) < 4.78 is 12.7. The highest BCUT2D eigenvalue weighted by Crippen LogP contribution is 2.26. The van der Waals surface area contributed by atoms with E-state index >= 15 is 0 Å². The van der Waals surface area contributed by atoms with Gasteiger partial charge in [0.25, 0.3) is 0 Å². The molecular weight excluding hydrogens is 185 g/mol. The number of hydrogen-bond donors (Lipinski definition) is 3. The molecule has 0 aliphatic rings. The quantitative estimate of drug-likeness (QED) is 0.682. The van der Waals surface area contributed by atoms with Crippen molar-refractivity contribution in [1.29, 1.82) is 0 Å². The highest BCUT2D eigenvalue weighted by Gasteiger charge is 2.21. The molecule has 3 nitrogen and oxygen atoms in total. The largest absolute Gasteiger partial charge is 0.505 e. The average molecular weight is 199 g/mol. The van der Waals surface area contributed by atoms with Crippen molar-refractivity contribution in [3.8, 4) is 5.75 Å². The van der Waals surface area contributed by atoms with Crippen LogP contribution < -0.4 is 5.73 Å². The molecule has 0 saturated heterocycles. The van der Waals surface area contributed by atoms with E-state index in [0.29, 0.717) is 12.0 Å². The monoisotopic (exact) mass is 199 g/mol. The topological polar surface area (TPSA) is 66.5 Å². The first-order valence-corrected chi connectivity index (χ1v) is 4.36. The number of rotatable bonds is 3. The third kappa shape index (κ3) is 2.21. The molecule has 1 aromatic carbocycles. The van der Waals surface area contributed by atoms with Crippen molar-refractivity contribution < 1.29 is 14.6 Å². The summed E-state index contributed by atoms with van der Waals surface area (Å²) in [6.07, 6.45) is 0.359. The molecule has 0 spiro atoms. The van der Waals surface area contributed by atoms with Gasteiger partial charge in [0, 0.05) is 12.1 Å². The lowest BCUT2D eigenvalue weighted by Crippen LogP contribution is -2.33. The fourth-order valence-corrected chi connectivity index (χ4v) is 1.24. The van der Waals surface area contributed by atoms with Crippen molar-refractivity contribution in [2.45, 2.75) is 18.9 Å². The Morgan fingerprint density at radius 1 is 1.50 bits per heavy atom. The number of aliphatic hydroxyl groups is 1. The van der Waals surface area contributed by atoms with Gasteiger partial charge in [0.1, 0.15) is 0 Å². The van der Waals surface area contributed by atoms with E-state index in [0.717, 1.165) is 6.07 Å². The highest BCUT2D eigenvalue weighted by atomic mass is 19.1. The van der Waals surface area contributed by atoms with Gasteiger partial charge in [0.2, 0.25) is 0 Å². The molecule has 4 N–H and O–H groups in total. The number of phenols is 1. The van der Waals surface area contributed by atoms with Gasteiger partial charge in [-0.15, -0.1) is 0 Å². The zero-order chi connectivity index (χ0) is 10.8. The molecule has 0 saturated carbocycles. The van der Waals surface area contributed by atoms with E-state index in [4.69, 9.17) is 15.9 Å². The lowest BCUT2D eigenvalue weighted by molar-refractivity contribution is 0.247. The second-order valence-corrected chi connectivity index (χ2v) is 3.56. The zero-order valence-electron chi connectivity index (χ0n) is 8.00. The van der Waals surface area contributed by atoms with E-state index in [1.165, 1.54) is 12.1 Å². The van der Waals surface area contributed by atoms with Crippen molar-refractivity contribution in [3.05, 3.63) is 29.6 Å². The maximum atomic E-state index is 12.7. The van der Waals surface area contributed by atoms with Crippen LogP contribution in [-0.4, -0.2) is 16.8 Å². The number of halogens is 1. The fourth-order valence-electron chi connectivity index (χ4n) is 1.24. The van der Waals surface area contributed by atoms with Gasteiger partial charge < -0.3 is 15.9 Å². The van der Waals surface area contributed by atoms with Gasteiger partial charge in [0.05, 0.1) is 0 Å². The van der Waals surface area contributed by atoms with E-state index < -0.39 is 17.1 Å². The first kappa shape index (κ1) is 10.9. The molecule has 0 aliphatic heterocycles. The molecule has 0 heterocycles. The second-order valence-electron chi connectivity index (χ2n) is 3.56. The molecule has 1 aromatic rings. The molecule has 0 aliphatic carbocycles. The summed E-state index contributed by atoms with van der Waals surface area (Å²) in [6.45, 7) is 1.67. The van der Waals surface area contributed by atoms with E-state index in [1.807, 2.05) is 0 Å². The SMILES string of the molecule is CC(N)(CCO)c1ccc(F)c(O)c1. The molecular formula is C10H14FNO2. The van der Waals surface area contributed by atoms with Crippen LogP contribution in [0.1, 0.15) is 18.9 Å². The Bertz CT molecular complexity index is 326. The van der Waals surface area contributed by atoms with Crippen molar-refractivity contribution in [2.75, 3.05) is 6.61 Å². The minimum Gasteiger partial charge on any atom is -0.505 e. The summed E-state index contributed by atoms with van der Waals surface area (Å²) in [5.41, 5.74) is 5.73. The lowest BCUT2D eigenvalue weighted by atomic mass is 9.90. The van der Waals surface area contributed by atoms with Gasteiger partial charge in [-0.2, -0.15) is 0 Å². The molecule has 1 atom stereocenters. The standard InChI is InChI=1S/C10H14FNO2/c1-10(12,4-5-13)7-2-3-8(11)9(14)6-7/h2-3,6,13-14H,4-5,12H2,1H3. The molecule has 0 radical (unpaired) electrons. The Kier molecular flexibility index (Phi) is 3.08. The van der Waals surface area contributed by atoms with Crippen LogP contribution in [0.2, 0.25) is 0 Å². The maximum absolute atomic E-state index is 12.7. The van der Waals surface area contributed by atoms with Crippen LogP contribution in [0.25, 0.3) is 0 Å². The minimum absolute atomic E-state index is 0.0505. The van der Waals surface area contributed by atoms with Crippen molar-refractivity contribution >= 4 is 0 Å². The van der Waals surface area contributed by atoms with Crippen molar-refractivity contribution in [3.63, 3.8) is 0 Å². The van der Waals surface area contributed by atoms with E-state index in [-0.39, 0.29) is 6.61 Å². The molecule has 4 heteroatoms. The predicted octanol–water partition coefficient (Wildman–Crippen LogP) is 1.09. The van der Waals surface area contributed by atoms with E-state index in [1.54, 1.807) is 6.92 Å². The van der Waals surface area contributed by atoms with Gasteiger partial charge in [-0.05, 0) is 31.0 Å². The number of aromatic hydroxyl groups is 1. The summed E-state index contributed by atoms with van der Waals surface area (Å²) in [5, 5.41) is 17.9. The summed E-state index contributed by atoms with van der Waals surface area (Å²) >= 11 is 0. The van der Waals surface area contributed by atoms with Crippen molar-refractivity contribution in [2.24, 2.45) is 5.73 Å². The molecule has 1 rings (SSSR count). The Morgan fingerprint density at radius 2 is 2.14 bits per heavy atom. The molecule has 0 aromatic heterocycles. The number of hydrogen-bond acceptors (Lipinski definition) is 3. The van der Waals surface area contributed by atoms with Crippen LogP contribution in [0.3, 0.4) is 0 Å².